The molecule has 9 heteroatoms. The van der Waals surface area contributed by atoms with E-state index < -0.39 is 5.82 Å². The van der Waals surface area contributed by atoms with Gasteiger partial charge in [-0.25, -0.2) is 14.2 Å². The van der Waals surface area contributed by atoms with Crippen molar-refractivity contribution < 1.29 is 4.39 Å². The first kappa shape index (κ1) is 18.6. The monoisotopic (exact) mass is 405 g/mol. The van der Waals surface area contributed by atoms with Gasteiger partial charge in [-0.1, -0.05) is 47.7 Å². The van der Waals surface area contributed by atoms with Crippen molar-refractivity contribution in [1.29, 1.82) is 0 Å². The first-order valence-corrected chi connectivity index (χ1v) is 9.19. The van der Waals surface area contributed by atoms with Gasteiger partial charge in [-0.3, -0.25) is 0 Å². The van der Waals surface area contributed by atoms with Crippen molar-refractivity contribution in [3.05, 3.63) is 88.7 Å². The molecule has 4 rings (SSSR count). The number of H-pyrrole nitrogens is 1. The second-order valence-electron chi connectivity index (χ2n) is 6.09. The summed E-state index contributed by atoms with van der Waals surface area (Å²) in [6.07, 6.45) is 6.85. The van der Waals surface area contributed by atoms with Crippen molar-refractivity contribution in [1.82, 2.24) is 29.9 Å². The van der Waals surface area contributed by atoms with E-state index in [4.69, 9.17) is 12.2 Å². The summed E-state index contributed by atoms with van der Waals surface area (Å²) in [5, 5.41) is 19.2. The van der Waals surface area contributed by atoms with Crippen LogP contribution in [0.25, 0.3) is 17.5 Å². The zero-order valence-electron chi connectivity index (χ0n) is 15.2. The SMILES string of the molecule is Fc1ccccc1-c1n[nH]c(=S)n1/N=C\C=C\c1cn(Cc2ccccc2)nn1. The summed E-state index contributed by atoms with van der Waals surface area (Å²) in [6, 6.07) is 16.3. The predicted octanol–water partition coefficient (Wildman–Crippen LogP) is 3.93. The molecule has 1 N–H and O–H groups in total. The maximum absolute atomic E-state index is 14.0. The van der Waals surface area contributed by atoms with E-state index in [0.29, 0.717) is 23.6 Å². The van der Waals surface area contributed by atoms with Gasteiger partial charge in [-0.2, -0.15) is 14.9 Å². The average Bonchev–Trinajstić information content (AvgIpc) is 3.33. The minimum Gasteiger partial charge on any atom is -0.250 e. The molecule has 7 nitrogen and oxygen atoms in total. The lowest BCUT2D eigenvalue weighted by Gasteiger charge is -2.01. The van der Waals surface area contributed by atoms with Crippen LogP contribution < -0.4 is 0 Å². The number of nitrogens with one attached hydrogen (secondary N) is 1. The number of allylic oxidation sites excluding steroid dienone is 1. The molecule has 0 aliphatic carbocycles. The number of hydrogen-bond acceptors (Lipinski definition) is 5. The fourth-order valence-corrected chi connectivity index (χ4v) is 2.88. The number of aromatic amines is 1. The summed E-state index contributed by atoms with van der Waals surface area (Å²) in [4.78, 5) is 0. The van der Waals surface area contributed by atoms with E-state index >= 15 is 0 Å². The third-order valence-electron chi connectivity index (χ3n) is 4.04. The predicted molar refractivity (Wildman–Crippen MR) is 111 cm³/mol. The highest BCUT2D eigenvalue weighted by molar-refractivity contribution is 7.71. The van der Waals surface area contributed by atoms with Crippen LogP contribution in [0.15, 0.2) is 72.0 Å². The number of nitrogens with zero attached hydrogens (tertiary/aromatic N) is 6. The van der Waals surface area contributed by atoms with E-state index in [-0.39, 0.29) is 4.77 Å². The molecule has 2 aromatic heterocycles. The van der Waals surface area contributed by atoms with E-state index in [1.807, 2.05) is 36.5 Å². The zero-order valence-corrected chi connectivity index (χ0v) is 16.0. The van der Waals surface area contributed by atoms with E-state index in [1.165, 1.54) is 17.0 Å². The largest absolute Gasteiger partial charge is 0.250 e. The summed E-state index contributed by atoms with van der Waals surface area (Å²) in [5.74, 6) is -0.102. The number of halogens is 1. The molecule has 0 saturated heterocycles. The van der Waals surface area contributed by atoms with Gasteiger partial charge in [-0.05, 0) is 42.1 Å². The van der Waals surface area contributed by atoms with Crippen LogP contribution in [0.4, 0.5) is 4.39 Å². The lowest BCUT2D eigenvalue weighted by Crippen LogP contribution is -1.99. The molecule has 0 bridgehead atoms. The topological polar surface area (TPSA) is 76.7 Å². The molecule has 0 aliphatic heterocycles. The third kappa shape index (κ3) is 4.41. The Bertz CT molecular complexity index is 1220. The van der Waals surface area contributed by atoms with Gasteiger partial charge in [-0.15, -0.1) is 5.10 Å². The molecule has 0 fully saturated rings. The highest BCUT2D eigenvalue weighted by atomic mass is 32.1. The maximum Gasteiger partial charge on any atom is 0.216 e. The van der Waals surface area contributed by atoms with Crippen molar-refractivity contribution in [2.45, 2.75) is 6.54 Å². The van der Waals surface area contributed by atoms with Crippen molar-refractivity contribution in [2.24, 2.45) is 5.10 Å². The van der Waals surface area contributed by atoms with Gasteiger partial charge in [0.2, 0.25) is 4.77 Å². The normalized spacial score (nSPS) is 11.6. The molecule has 0 aliphatic rings. The molecule has 2 heterocycles. The van der Waals surface area contributed by atoms with Crippen molar-refractivity contribution in [2.75, 3.05) is 0 Å². The number of aromatic nitrogens is 6. The Labute approximate surface area is 170 Å². The van der Waals surface area contributed by atoms with Crippen LogP contribution in [-0.2, 0) is 6.54 Å². The summed E-state index contributed by atoms with van der Waals surface area (Å²) >= 11 is 5.18. The van der Waals surface area contributed by atoms with Crippen molar-refractivity contribution in [3.63, 3.8) is 0 Å². The second-order valence-corrected chi connectivity index (χ2v) is 6.48. The van der Waals surface area contributed by atoms with Crippen LogP contribution in [0.2, 0.25) is 0 Å². The van der Waals surface area contributed by atoms with Crippen LogP contribution in [0.1, 0.15) is 11.3 Å². The van der Waals surface area contributed by atoms with Crippen molar-refractivity contribution >= 4 is 24.5 Å². The quantitative estimate of drug-likeness (QED) is 0.389. The molecule has 2 aromatic carbocycles. The minimum atomic E-state index is -0.400. The molecule has 144 valence electrons. The lowest BCUT2D eigenvalue weighted by molar-refractivity contribution is 0.628. The number of rotatable bonds is 6. The summed E-state index contributed by atoms with van der Waals surface area (Å²) in [6.45, 7) is 0.645. The minimum absolute atomic E-state index is 0.265. The van der Waals surface area contributed by atoms with Crippen LogP contribution in [0.5, 0.6) is 0 Å². The van der Waals surface area contributed by atoms with Gasteiger partial charge in [0, 0.05) is 6.21 Å². The van der Waals surface area contributed by atoms with Gasteiger partial charge in [0.25, 0.3) is 0 Å². The Morgan fingerprint density at radius 1 is 1.10 bits per heavy atom. The highest BCUT2D eigenvalue weighted by Crippen LogP contribution is 2.20. The number of benzene rings is 2. The highest BCUT2D eigenvalue weighted by Gasteiger charge is 2.11. The third-order valence-corrected chi connectivity index (χ3v) is 4.31. The first-order valence-electron chi connectivity index (χ1n) is 8.78. The summed E-state index contributed by atoms with van der Waals surface area (Å²) in [7, 11) is 0. The van der Waals surface area contributed by atoms with E-state index in [1.54, 1.807) is 35.0 Å². The van der Waals surface area contributed by atoms with Gasteiger partial charge >= 0.3 is 0 Å². The molecule has 0 radical (unpaired) electrons. The Morgan fingerprint density at radius 3 is 2.72 bits per heavy atom. The Kier molecular flexibility index (Phi) is 5.48. The van der Waals surface area contributed by atoms with E-state index in [9.17, 15) is 4.39 Å². The second kappa shape index (κ2) is 8.53. The Hall–Kier alpha value is -3.72. The molecule has 0 unspecified atom stereocenters. The fraction of sp³-hybridized carbons (Fsp3) is 0.0500. The molecule has 29 heavy (non-hydrogen) atoms. The summed E-state index contributed by atoms with van der Waals surface area (Å²) < 4.78 is 17.4. The Balaban J connectivity index is 1.48. The van der Waals surface area contributed by atoms with Crippen LogP contribution in [-0.4, -0.2) is 36.1 Å². The Morgan fingerprint density at radius 2 is 1.90 bits per heavy atom. The summed E-state index contributed by atoms with van der Waals surface area (Å²) in [5.41, 5.74) is 2.15. The molecular weight excluding hydrogens is 389 g/mol. The molecular formula is C20H16FN7S. The zero-order chi connectivity index (χ0) is 20.1. The molecule has 0 spiro atoms. The fourth-order valence-electron chi connectivity index (χ4n) is 2.70. The van der Waals surface area contributed by atoms with Crippen LogP contribution >= 0.6 is 12.2 Å². The molecule has 0 atom stereocenters. The lowest BCUT2D eigenvalue weighted by atomic mass is 10.2. The molecule has 0 saturated carbocycles. The van der Waals surface area contributed by atoms with Crippen LogP contribution in [0.3, 0.4) is 0 Å². The van der Waals surface area contributed by atoms with Crippen molar-refractivity contribution in [3.8, 4) is 11.4 Å². The van der Waals surface area contributed by atoms with E-state index in [2.05, 4.69) is 25.6 Å². The standard InChI is InChI=1S/C20H16FN7S/c21-18-11-5-4-10-17(18)19-24-25-20(29)28(19)22-12-6-9-16-14-27(26-23-16)13-15-7-2-1-3-8-15/h1-12,14H,13H2,(H,25,29)/b9-6+,22-12-. The average molecular weight is 405 g/mol. The van der Waals surface area contributed by atoms with Gasteiger partial charge in [0.15, 0.2) is 5.82 Å². The molecule has 0 amide bonds. The van der Waals surface area contributed by atoms with Gasteiger partial charge in [0.1, 0.15) is 11.5 Å². The smallest absolute Gasteiger partial charge is 0.216 e. The van der Waals surface area contributed by atoms with Crippen LogP contribution in [0, 0.1) is 10.6 Å². The maximum atomic E-state index is 14.0. The van der Waals surface area contributed by atoms with E-state index in [0.717, 1.165) is 5.56 Å². The molecule has 4 aromatic rings. The van der Waals surface area contributed by atoms with Gasteiger partial charge < -0.3 is 0 Å². The number of hydrogen-bond donors (Lipinski definition) is 1. The van der Waals surface area contributed by atoms with Gasteiger partial charge in [0.05, 0.1) is 18.3 Å². The first-order chi connectivity index (χ1) is 14.2.